The van der Waals surface area contributed by atoms with Crippen LogP contribution in [0.3, 0.4) is 0 Å². The molecular formula is C11H19-. The van der Waals surface area contributed by atoms with Crippen LogP contribution in [-0.2, 0) is 0 Å². The highest BCUT2D eigenvalue weighted by Gasteiger charge is 2.33. The number of allylic oxidation sites excluding steroid dienone is 1. The van der Waals surface area contributed by atoms with Crippen molar-refractivity contribution in [2.75, 3.05) is 0 Å². The number of rotatable bonds is 2. The average molecular weight is 151 g/mol. The third-order valence-electron chi connectivity index (χ3n) is 3.46. The summed E-state index contributed by atoms with van der Waals surface area (Å²) in [7, 11) is 0. The van der Waals surface area contributed by atoms with Gasteiger partial charge in [-0.3, -0.25) is 6.08 Å². The number of hydrogen-bond acceptors (Lipinski definition) is 0. The van der Waals surface area contributed by atoms with Crippen molar-refractivity contribution in [3.05, 3.63) is 12.7 Å². The summed E-state index contributed by atoms with van der Waals surface area (Å²) >= 11 is 0. The van der Waals surface area contributed by atoms with Gasteiger partial charge in [0.25, 0.3) is 0 Å². The molecule has 0 aliphatic heterocycles. The molecule has 1 aliphatic carbocycles. The minimum absolute atomic E-state index is 0.843. The van der Waals surface area contributed by atoms with Crippen molar-refractivity contribution in [1.82, 2.24) is 0 Å². The molecule has 0 saturated heterocycles. The van der Waals surface area contributed by atoms with E-state index >= 15 is 0 Å². The lowest BCUT2D eigenvalue weighted by Gasteiger charge is -2.20. The Morgan fingerprint density at radius 1 is 1.27 bits per heavy atom. The molecule has 4 atom stereocenters. The van der Waals surface area contributed by atoms with Crippen LogP contribution >= 0.6 is 0 Å². The monoisotopic (exact) mass is 151 g/mol. The van der Waals surface area contributed by atoms with Gasteiger partial charge in [-0.1, -0.05) is 27.2 Å². The fraction of sp³-hybridized carbons (Fsp3) is 0.818. The van der Waals surface area contributed by atoms with Crippen molar-refractivity contribution in [3.63, 3.8) is 0 Å². The molecule has 0 aromatic rings. The Labute approximate surface area is 70.7 Å². The van der Waals surface area contributed by atoms with Gasteiger partial charge in [0.05, 0.1) is 0 Å². The van der Waals surface area contributed by atoms with E-state index in [1.54, 1.807) is 0 Å². The van der Waals surface area contributed by atoms with Gasteiger partial charge in [0.15, 0.2) is 0 Å². The Morgan fingerprint density at radius 3 is 2.27 bits per heavy atom. The number of hydrogen-bond donors (Lipinski definition) is 0. The van der Waals surface area contributed by atoms with E-state index in [1.807, 2.05) is 6.08 Å². The van der Waals surface area contributed by atoms with Crippen molar-refractivity contribution in [3.8, 4) is 0 Å². The molecule has 1 aliphatic rings. The van der Waals surface area contributed by atoms with E-state index in [1.165, 1.54) is 6.42 Å². The predicted octanol–water partition coefficient (Wildman–Crippen LogP) is 3.29. The second-order valence-corrected chi connectivity index (χ2v) is 4.18. The lowest BCUT2D eigenvalue weighted by molar-refractivity contribution is 0.326. The van der Waals surface area contributed by atoms with E-state index < -0.39 is 0 Å². The Hall–Kier alpha value is -0.260. The molecule has 0 N–H and O–H groups in total. The van der Waals surface area contributed by atoms with Crippen LogP contribution < -0.4 is 0 Å². The minimum atomic E-state index is 0.843. The zero-order valence-corrected chi connectivity index (χ0v) is 7.88. The van der Waals surface area contributed by atoms with Crippen molar-refractivity contribution in [1.29, 1.82) is 0 Å². The molecule has 0 bridgehead atoms. The zero-order chi connectivity index (χ0) is 8.43. The van der Waals surface area contributed by atoms with Gasteiger partial charge in [-0.05, 0) is 30.1 Å². The van der Waals surface area contributed by atoms with Gasteiger partial charge in [-0.15, -0.1) is 0 Å². The Morgan fingerprint density at radius 2 is 1.91 bits per heavy atom. The summed E-state index contributed by atoms with van der Waals surface area (Å²) in [6, 6.07) is 0. The van der Waals surface area contributed by atoms with Crippen LogP contribution in [0.25, 0.3) is 0 Å². The molecule has 1 saturated carbocycles. The van der Waals surface area contributed by atoms with Crippen LogP contribution in [0, 0.1) is 30.3 Å². The van der Waals surface area contributed by atoms with Gasteiger partial charge in [-0.25, -0.2) is 0 Å². The third kappa shape index (κ3) is 1.66. The third-order valence-corrected chi connectivity index (χ3v) is 3.46. The van der Waals surface area contributed by atoms with Gasteiger partial charge in [0.1, 0.15) is 0 Å². The summed E-state index contributed by atoms with van der Waals surface area (Å²) in [5, 5.41) is 0. The molecule has 0 amide bonds. The highest BCUT2D eigenvalue weighted by atomic mass is 14.4. The van der Waals surface area contributed by atoms with Crippen LogP contribution in [0.5, 0.6) is 0 Å². The van der Waals surface area contributed by atoms with Gasteiger partial charge in [0, 0.05) is 0 Å². The SMILES string of the molecule is [CH-]=CCC1C(C)CC(C)C1C. The normalized spacial score (nSPS) is 44.3. The largest absolute Gasteiger partial charge is 0.518 e. The van der Waals surface area contributed by atoms with Crippen molar-refractivity contribution >= 4 is 0 Å². The summed E-state index contributed by atoms with van der Waals surface area (Å²) in [6.07, 6.45) is 4.32. The maximum Gasteiger partial charge on any atom is -0.0352 e. The topological polar surface area (TPSA) is 0 Å². The molecule has 11 heavy (non-hydrogen) atoms. The predicted molar refractivity (Wildman–Crippen MR) is 49.1 cm³/mol. The molecule has 64 valence electrons. The fourth-order valence-electron chi connectivity index (χ4n) is 2.52. The van der Waals surface area contributed by atoms with E-state index in [-0.39, 0.29) is 0 Å². The molecule has 1 fully saturated rings. The lowest BCUT2D eigenvalue weighted by atomic mass is 9.87. The van der Waals surface area contributed by atoms with E-state index in [4.69, 9.17) is 6.58 Å². The summed E-state index contributed by atoms with van der Waals surface area (Å²) in [6.45, 7) is 12.5. The first-order valence-electron chi connectivity index (χ1n) is 4.70. The van der Waals surface area contributed by atoms with Gasteiger partial charge >= 0.3 is 0 Å². The van der Waals surface area contributed by atoms with Gasteiger partial charge in [-0.2, -0.15) is 0 Å². The standard InChI is InChI=1S/C11H19/c1-5-6-11-9(3)7-8(2)10(11)4/h1,5,8-11H,6-7H2,2-4H3/q-1. The molecule has 0 heteroatoms. The smallest absolute Gasteiger partial charge is 0.0352 e. The minimum Gasteiger partial charge on any atom is -0.518 e. The summed E-state index contributed by atoms with van der Waals surface area (Å²) in [5.41, 5.74) is 0. The first-order valence-corrected chi connectivity index (χ1v) is 4.70. The van der Waals surface area contributed by atoms with Gasteiger partial charge in [0.2, 0.25) is 0 Å². The maximum absolute atomic E-state index is 5.45. The van der Waals surface area contributed by atoms with Crippen LogP contribution in [0.1, 0.15) is 33.6 Å². The molecule has 0 radical (unpaired) electrons. The molecule has 0 aromatic carbocycles. The lowest BCUT2D eigenvalue weighted by Crippen LogP contribution is -2.11. The van der Waals surface area contributed by atoms with Crippen LogP contribution in [-0.4, -0.2) is 0 Å². The summed E-state index contributed by atoms with van der Waals surface area (Å²) in [5.74, 6) is 3.48. The Balaban J connectivity index is 2.55. The maximum atomic E-state index is 5.45. The Kier molecular flexibility index (Phi) is 2.75. The van der Waals surface area contributed by atoms with E-state index in [2.05, 4.69) is 20.8 Å². The second-order valence-electron chi connectivity index (χ2n) is 4.18. The van der Waals surface area contributed by atoms with E-state index in [0.29, 0.717) is 0 Å². The van der Waals surface area contributed by atoms with Crippen molar-refractivity contribution < 1.29 is 0 Å². The molecule has 4 unspecified atom stereocenters. The summed E-state index contributed by atoms with van der Waals surface area (Å²) in [4.78, 5) is 0. The first kappa shape index (κ1) is 8.83. The average Bonchev–Trinajstić information content (AvgIpc) is 2.17. The molecular weight excluding hydrogens is 132 g/mol. The van der Waals surface area contributed by atoms with Crippen LogP contribution in [0.2, 0.25) is 0 Å². The van der Waals surface area contributed by atoms with Crippen molar-refractivity contribution in [2.24, 2.45) is 23.7 Å². The fourth-order valence-corrected chi connectivity index (χ4v) is 2.52. The highest BCUT2D eigenvalue weighted by molar-refractivity contribution is 4.87. The first-order chi connectivity index (χ1) is 5.16. The molecule has 0 heterocycles. The molecule has 1 rings (SSSR count). The van der Waals surface area contributed by atoms with Crippen LogP contribution in [0.4, 0.5) is 0 Å². The second kappa shape index (κ2) is 3.42. The van der Waals surface area contributed by atoms with E-state index in [9.17, 15) is 0 Å². The quantitative estimate of drug-likeness (QED) is 0.531. The zero-order valence-electron chi connectivity index (χ0n) is 7.88. The highest BCUT2D eigenvalue weighted by Crippen LogP contribution is 2.42. The molecule has 0 spiro atoms. The van der Waals surface area contributed by atoms with Gasteiger partial charge < -0.3 is 6.58 Å². The van der Waals surface area contributed by atoms with Crippen LogP contribution in [0.15, 0.2) is 6.08 Å². The van der Waals surface area contributed by atoms with E-state index in [0.717, 1.165) is 30.1 Å². The summed E-state index contributed by atoms with van der Waals surface area (Å²) < 4.78 is 0. The Bertz CT molecular complexity index is 137. The molecule has 0 nitrogen and oxygen atoms in total. The molecule has 0 aromatic heterocycles. The van der Waals surface area contributed by atoms with Crippen molar-refractivity contribution in [2.45, 2.75) is 33.6 Å².